The van der Waals surface area contributed by atoms with Crippen molar-refractivity contribution in [3.63, 3.8) is 0 Å². The topological polar surface area (TPSA) is 70.0 Å². The van der Waals surface area contributed by atoms with Gasteiger partial charge in [-0.3, -0.25) is 0 Å². The smallest absolute Gasteiger partial charge is 0.214 e. The molecule has 0 unspecified atom stereocenters. The zero-order valence-electron chi connectivity index (χ0n) is 8.48. The number of hydrogen-bond acceptors (Lipinski definition) is 3. The van der Waals surface area contributed by atoms with E-state index in [2.05, 4.69) is 27.3 Å². The van der Waals surface area contributed by atoms with Crippen LogP contribution in [0.25, 0.3) is 0 Å². The predicted molar refractivity (Wildman–Crippen MR) is 70.7 cm³/mol. The Morgan fingerprint density at radius 2 is 1.94 bits per heavy atom. The van der Waals surface area contributed by atoms with Gasteiger partial charge in [-0.1, -0.05) is 34.7 Å². The van der Waals surface area contributed by atoms with Gasteiger partial charge in [0.25, 0.3) is 0 Å². The molecule has 0 fully saturated rings. The third-order valence-electron chi connectivity index (χ3n) is 1.86. The molecule has 0 aromatic heterocycles. The molecule has 6 heteroatoms. The first-order chi connectivity index (χ1) is 7.57. The lowest BCUT2D eigenvalue weighted by Gasteiger charge is -2.05. The van der Waals surface area contributed by atoms with Gasteiger partial charge < -0.3 is 0 Å². The summed E-state index contributed by atoms with van der Waals surface area (Å²) in [6, 6.07) is 8.52. The van der Waals surface area contributed by atoms with Gasteiger partial charge in [0.05, 0.1) is 17.4 Å². The molecular formula is C10H11IN2O2S. The summed E-state index contributed by atoms with van der Waals surface area (Å²) in [6.45, 7) is 0.444. The standard InChI is InChI=1S/C10H11IN2O2S/c11-5-6-13-16(14,15)8-10-3-1-9(7-12)2-4-10/h1-4,13H,5-6,8H2. The van der Waals surface area contributed by atoms with Crippen LogP contribution in [0.5, 0.6) is 0 Å². The number of alkyl halides is 1. The van der Waals surface area contributed by atoms with E-state index in [1.54, 1.807) is 24.3 Å². The van der Waals surface area contributed by atoms with Crippen molar-refractivity contribution in [1.29, 1.82) is 5.26 Å². The van der Waals surface area contributed by atoms with Gasteiger partial charge in [-0.15, -0.1) is 0 Å². The first-order valence-corrected chi connectivity index (χ1v) is 7.77. The second-order valence-corrected chi connectivity index (χ2v) is 6.04. The highest BCUT2D eigenvalue weighted by atomic mass is 127. The van der Waals surface area contributed by atoms with Crippen LogP contribution in [0.1, 0.15) is 11.1 Å². The zero-order chi connectivity index (χ0) is 12.0. The van der Waals surface area contributed by atoms with E-state index in [-0.39, 0.29) is 5.75 Å². The molecule has 0 amide bonds. The van der Waals surface area contributed by atoms with Crippen molar-refractivity contribution in [3.05, 3.63) is 35.4 Å². The van der Waals surface area contributed by atoms with Crippen LogP contribution in [-0.4, -0.2) is 19.4 Å². The van der Waals surface area contributed by atoms with Crippen molar-refractivity contribution in [2.24, 2.45) is 0 Å². The lowest BCUT2D eigenvalue weighted by molar-refractivity contribution is 0.583. The number of rotatable bonds is 5. The maximum absolute atomic E-state index is 11.5. The molecular weight excluding hydrogens is 339 g/mol. The molecule has 86 valence electrons. The fraction of sp³-hybridized carbons (Fsp3) is 0.300. The highest BCUT2D eigenvalue weighted by Gasteiger charge is 2.10. The quantitative estimate of drug-likeness (QED) is 0.645. The van der Waals surface area contributed by atoms with Gasteiger partial charge in [-0.2, -0.15) is 5.26 Å². The van der Waals surface area contributed by atoms with E-state index in [0.29, 0.717) is 17.7 Å². The summed E-state index contributed by atoms with van der Waals surface area (Å²) in [5.74, 6) is -0.0463. The molecule has 1 rings (SSSR count). The Morgan fingerprint density at radius 3 is 2.44 bits per heavy atom. The van der Waals surface area contributed by atoms with Crippen LogP contribution in [0, 0.1) is 11.3 Å². The SMILES string of the molecule is N#Cc1ccc(CS(=O)(=O)NCCI)cc1. The molecule has 0 radical (unpaired) electrons. The minimum Gasteiger partial charge on any atom is -0.214 e. The van der Waals surface area contributed by atoms with Crippen LogP contribution < -0.4 is 4.72 Å². The molecule has 0 aliphatic heterocycles. The second kappa shape index (κ2) is 6.18. The van der Waals surface area contributed by atoms with E-state index in [0.717, 1.165) is 4.43 Å². The minimum absolute atomic E-state index is 0.0463. The first kappa shape index (κ1) is 13.4. The molecule has 0 atom stereocenters. The Balaban J connectivity index is 2.70. The fourth-order valence-electron chi connectivity index (χ4n) is 1.14. The molecule has 0 aliphatic rings. The van der Waals surface area contributed by atoms with E-state index in [1.165, 1.54) is 0 Å². The molecule has 4 nitrogen and oxygen atoms in total. The normalized spacial score (nSPS) is 11.0. The molecule has 0 saturated carbocycles. The van der Waals surface area contributed by atoms with Crippen LogP contribution in [0.15, 0.2) is 24.3 Å². The summed E-state index contributed by atoms with van der Waals surface area (Å²) in [5, 5.41) is 8.60. The summed E-state index contributed by atoms with van der Waals surface area (Å²) >= 11 is 2.10. The molecule has 1 aromatic carbocycles. The van der Waals surface area contributed by atoms with E-state index in [4.69, 9.17) is 5.26 Å². The van der Waals surface area contributed by atoms with Crippen LogP contribution in [-0.2, 0) is 15.8 Å². The van der Waals surface area contributed by atoms with Crippen molar-refractivity contribution in [2.75, 3.05) is 11.0 Å². The van der Waals surface area contributed by atoms with Crippen molar-refractivity contribution in [1.82, 2.24) is 4.72 Å². The second-order valence-electron chi connectivity index (χ2n) is 3.15. The third kappa shape index (κ3) is 4.47. The Labute approximate surface area is 109 Å². The Hall–Kier alpha value is -0.650. The summed E-state index contributed by atoms with van der Waals surface area (Å²) in [6.07, 6.45) is 0. The lowest BCUT2D eigenvalue weighted by atomic mass is 10.2. The summed E-state index contributed by atoms with van der Waals surface area (Å²) in [5.41, 5.74) is 1.21. The van der Waals surface area contributed by atoms with Crippen molar-refractivity contribution < 1.29 is 8.42 Å². The summed E-state index contributed by atoms with van der Waals surface area (Å²) < 4.78 is 26.3. The van der Waals surface area contributed by atoms with Crippen LogP contribution in [0.2, 0.25) is 0 Å². The minimum atomic E-state index is -3.25. The number of nitrogens with one attached hydrogen (secondary N) is 1. The number of halogens is 1. The number of benzene rings is 1. The Morgan fingerprint density at radius 1 is 1.31 bits per heavy atom. The van der Waals surface area contributed by atoms with Crippen LogP contribution in [0.3, 0.4) is 0 Å². The summed E-state index contributed by atoms with van der Waals surface area (Å²) in [4.78, 5) is 0. The highest BCUT2D eigenvalue weighted by molar-refractivity contribution is 14.1. The largest absolute Gasteiger partial charge is 0.215 e. The Bertz CT molecular complexity index is 477. The molecule has 1 N–H and O–H groups in total. The number of nitriles is 1. The molecule has 1 aromatic rings. The van der Waals surface area contributed by atoms with Gasteiger partial charge in [0.2, 0.25) is 10.0 Å². The van der Waals surface area contributed by atoms with Gasteiger partial charge >= 0.3 is 0 Å². The van der Waals surface area contributed by atoms with Gasteiger partial charge in [-0.25, -0.2) is 13.1 Å². The van der Waals surface area contributed by atoms with Gasteiger partial charge in [0.15, 0.2) is 0 Å². The maximum atomic E-state index is 11.5. The van der Waals surface area contributed by atoms with Crippen LogP contribution >= 0.6 is 22.6 Å². The van der Waals surface area contributed by atoms with Crippen molar-refractivity contribution in [2.45, 2.75) is 5.75 Å². The highest BCUT2D eigenvalue weighted by Crippen LogP contribution is 2.06. The maximum Gasteiger partial charge on any atom is 0.215 e. The fourth-order valence-corrected chi connectivity index (χ4v) is 2.92. The number of nitrogens with zero attached hydrogens (tertiary/aromatic N) is 1. The molecule has 0 heterocycles. The molecule has 0 spiro atoms. The molecule has 16 heavy (non-hydrogen) atoms. The van der Waals surface area contributed by atoms with Crippen molar-refractivity contribution >= 4 is 32.6 Å². The van der Waals surface area contributed by atoms with Gasteiger partial charge in [-0.05, 0) is 17.7 Å². The molecule has 0 aliphatic carbocycles. The zero-order valence-corrected chi connectivity index (χ0v) is 11.5. The van der Waals surface area contributed by atoms with E-state index in [9.17, 15) is 8.42 Å². The monoisotopic (exact) mass is 350 g/mol. The van der Waals surface area contributed by atoms with Gasteiger partial charge in [0.1, 0.15) is 0 Å². The number of sulfonamides is 1. The Kier molecular flexibility index (Phi) is 5.18. The molecule has 0 bridgehead atoms. The van der Waals surface area contributed by atoms with Crippen LogP contribution in [0.4, 0.5) is 0 Å². The van der Waals surface area contributed by atoms with Gasteiger partial charge in [0, 0.05) is 11.0 Å². The summed E-state index contributed by atoms with van der Waals surface area (Å²) in [7, 11) is -3.25. The average Bonchev–Trinajstić information content (AvgIpc) is 2.27. The average molecular weight is 350 g/mol. The molecule has 0 saturated heterocycles. The van der Waals surface area contributed by atoms with E-state index in [1.807, 2.05) is 6.07 Å². The third-order valence-corrected chi connectivity index (χ3v) is 3.75. The lowest BCUT2D eigenvalue weighted by Crippen LogP contribution is -2.26. The predicted octanol–water partition coefficient (Wildman–Crippen LogP) is 1.41. The van der Waals surface area contributed by atoms with Crippen molar-refractivity contribution in [3.8, 4) is 6.07 Å². The number of hydrogen-bond donors (Lipinski definition) is 1. The first-order valence-electron chi connectivity index (χ1n) is 4.60. The van der Waals surface area contributed by atoms with E-state index < -0.39 is 10.0 Å². The van der Waals surface area contributed by atoms with E-state index >= 15 is 0 Å².